The molecule has 2 aromatic rings. The van der Waals surface area contributed by atoms with Crippen LogP contribution in [0.5, 0.6) is 0 Å². The molecule has 2 aromatic carbocycles. The summed E-state index contributed by atoms with van der Waals surface area (Å²) in [7, 11) is 0. The van der Waals surface area contributed by atoms with Crippen LogP contribution in [0.3, 0.4) is 0 Å². The zero-order chi connectivity index (χ0) is 19.8. The molecule has 0 aromatic heterocycles. The Bertz CT molecular complexity index is 859. The van der Waals surface area contributed by atoms with Gasteiger partial charge >= 0.3 is 5.97 Å². The first kappa shape index (κ1) is 18.8. The minimum absolute atomic E-state index is 0.00743. The number of likely N-dealkylation sites (tertiary alicyclic amines) is 1. The van der Waals surface area contributed by atoms with Crippen molar-refractivity contribution in [2.45, 2.75) is 49.4 Å². The van der Waals surface area contributed by atoms with E-state index < -0.39 is 5.97 Å². The molecule has 3 fully saturated rings. The van der Waals surface area contributed by atoms with Gasteiger partial charge in [0.1, 0.15) is 0 Å². The second-order valence-corrected chi connectivity index (χ2v) is 8.73. The lowest BCUT2D eigenvalue weighted by Crippen LogP contribution is -2.68. The fourth-order valence-corrected chi connectivity index (χ4v) is 4.90. The van der Waals surface area contributed by atoms with E-state index in [1.807, 2.05) is 12.1 Å². The molecule has 2 heterocycles. The number of ether oxygens (including phenoxy) is 1. The van der Waals surface area contributed by atoms with E-state index in [-0.39, 0.29) is 5.60 Å². The zero-order valence-electron chi connectivity index (χ0n) is 16.6. The van der Waals surface area contributed by atoms with Crippen LogP contribution in [-0.4, -0.2) is 53.4 Å². The SMILES string of the molecule is O=C(O)c1ccc(CN2CCC3(CC2)OCC3N[C@@H]2C[C@H]2c2ccccc2)cc1. The molecule has 5 heteroatoms. The third-order valence-corrected chi connectivity index (χ3v) is 6.92. The summed E-state index contributed by atoms with van der Waals surface area (Å²) in [6.45, 7) is 3.73. The molecule has 2 saturated heterocycles. The first-order chi connectivity index (χ1) is 14.1. The quantitative estimate of drug-likeness (QED) is 0.790. The Morgan fingerprint density at radius 2 is 1.83 bits per heavy atom. The number of nitrogens with one attached hydrogen (secondary N) is 1. The van der Waals surface area contributed by atoms with E-state index in [4.69, 9.17) is 9.84 Å². The molecule has 5 nitrogen and oxygen atoms in total. The van der Waals surface area contributed by atoms with Gasteiger partial charge in [-0.15, -0.1) is 0 Å². The monoisotopic (exact) mass is 392 g/mol. The number of carboxylic acid groups (broad SMARTS) is 1. The van der Waals surface area contributed by atoms with Crippen molar-refractivity contribution in [1.29, 1.82) is 0 Å². The van der Waals surface area contributed by atoms with Gasteiger partial charge in [-0.3, -0.25) is 4.90 Å². The van der Waals surface area contributed by atoms with Gasteiger partial charge in [0, 0.05) is 31.6 Å². The summed E-state index contributed by atoms with van der Waals surface area (Å²) in [5, 5.41) is 12.9. The van der Waals surface area contributed by atoms with Crippen molar-refractivity contribution in [3.8, 4) is 0 Å². The van der Waals surface area contributed by atoms with E-state index in [1.54, 1.807) is 12.1 Å². The van der Waals surface area contributed by atoms with Crippen LogP contribution >= 0.6 is 0 Å². The third-order valence-electron chi connectivity index (χ3n) is 6.92. The topological polar surface area (TPSA) is 61.8 Å². The van der Waals surface area contributed by atoms with Crippen molar-refractivity contribution < 1.29 is 14.6 Å². The van der Waals surface area contributed by atoms with Gasteiger partial charge in [0.25, 0.3) is 0 Å². The fraction of sp³-hybridized carbons (Fsp3) is 0.458. The molecule has 1 spiro atoms. The van der Waals surface area contributed by atoms with E-state index in [0.29, 0.717) is 23.6 Å². The lowest BCUT2D eigenvalue weighted by molar-refractivity contribution is -0.201. The van der Waals surface area contributed by atoms with Gasteiger partial charge in [-0.05, 0) is 42.5 Å². The van der Waals surface area contributed by atoms with Crippen molar-refractivity contribution in [3.63, 3.8) is 0 Å². The molecular weight excluding hydrogens is 364 g/mol. The maximum absolute atomic E-state index is 11.0. The normalized spacial score (nSPS) is 28.1. The minimum atomic E-state index is -0.873. The molecule has 3 aliphatic rings. The summed E-state index contributed by atoms with van der Waals surface area (Å²) in [5.41, 5.74) is 2.96. The Morgan fingerprint density at radius 1 is 1.10 bits per heavy atom. The molecule has 0 bridgehead atoms. The van der Waals surface area contributed by atoms with Crippen molar-refractivity contribution in [3.05, 3.63) is 71.3 Å². The first-order valence-electron chi connectivity index (χ1n) is 10.6. The van der Waals surface area contributed by atoms with Gasteiger partial charge in [-0.2, -0.15) is 0 Å². The number of hydrogen-bond acceptors (Lipinski definition) is 4. The number of rotatable bonds is 6. The van der Waals surface area contributed by atoms with Crippen LogP contribution in [0, 0.1) is 0 Å². The maximum atomic E-state index is 11.0. The van der Waals surface area contributed by atoms with E-state index in [0.717, 1.165) is 39.1 Å². The van der Waals surface area contributed by atoms with Gasteiger partial charge < -0.3 is 15.2 Å². The van der Waals surface area contributed by atoms with Gasteiger partial charge in [0.15, 0.2) is 0 Å². The summed E-state index contributed by atoms with van der Waals surface area (Å²) < 4.78 is 6.13. The molecule has 5 rings (SSSR count). The Hall–Kier alpha value is -2.21. The molecule has 3 atom stereocenters. The van der Waals surface area contributed by atoms with Crippen LogP contribution in [0.1, 0.15) is 46.7 Å². The average molecular weight is 392 g/mol. The molecule has 2 aliphatic heterocycles. The lowest BCUT2D eigenvalue weighted by Gasteiger charge is -2.53. The van der Waals surface area contributed by atoms with Crippen LogP contribution in [0.2, 0.25) is 0 Å². The molecule has 1 saturated carbocycles. The highest BCUT2D eigenvalue weighted by Gasteiger charge is 2.52. The fourth-order valence-electron chi connectivity index (χ4n) is 4.90. The number of benzene rings is 2. The lowest BCUT2D eigenvalue weighted by atomic mass is 9.80. The maximum Gasteiger partial charge on any atom is 0.335 e. The first-order valence-corrected chi connectivity index (χ1v) is 10.6. The largest absolute Gasteiger partial charge is 0.478 e. The molecular formula is C24H28N2O3. The van der Waals surface area contributed by atoms with Gasteiger partial charge in [0.2, 0.25) is 0 Å². The van der Waals surface area contributed by atoms with Crippen molar-refractivity contribution in [1.82, 2.24) is 10.2 Å². The molecule has 0 radical (unpaired) electrons. The summed E-state index contributed by atoms with van der Waals surface area (Å²) in [5.74, 6) is -0.218. The Kier molecular flexibility index (Phi) is 4.90. The van der Waals surface area contributed by atoms with Gasteiger partial charge in [-0.1, -0.05) is 42.5 Å². The Balaban J connectivity index is 1.12. The summed E-state index contributed by atoms with van der Waals surface area (Å²) in [6, 6.07) is 19.1. The molecule has 0 amide bonds. The highest BCUT2D eigenvalue weighted by Crippen LogP contribution is 2.44. The Labute approximate surface area is 171 Å². The van der Waals surface area contributed by atoms with Gasteiger partial charge in [-0.25, -0.2) is 4.79 Å². The van der Waals surface area contributed by atoms with Crippen LogP contribution in [0.4, 0.5) is 0 Å². The highest BCUT2D eigenvalue weighted by atomic mass is 16.5. The van der Waals surface area contributed by atoms with E-state index in [9.17, 15) is 4.79 Å². The number of carbonyl (C=O) groups is 1. The predicted molar refractivity (Wildman–Crippen MR) is 111 cm³/mol. The molecule has 2 N–H and O–H groups in total. The van der Waals surface area contributed by atoms with Crippen molar-refractivity contribution in [2.75, 3.05) is 19.7 Å². The van der Waals surface area contributed by atoms with Crippen molar-refractivity contribution >= 4 is 5.97 Å². The number of aromatic carboxylic acids is 1. The Morgan fingerprint density at radius 3 is 2.45 bits per heavy atom. The summed E-state index contributed by atoms with van der Waals surface area (Å²) >= 11 is 0. The predicted octanol–water partition coefficient (Wildman–Crippen LogP) is 3.26. The smallest absolute Gasteiger partial charge is 0.335 e. The van der Waals surface area contributed by atoms with Gasteiger partial charge in [0.05, 0.1) is 23.8 Å². The molecule has 1 aliphatic carbocycles. The number of carboxylic acids is 1. The van der Waals surface area contributed by atoms with E-state index in [2.05, 4.69) is 40.5 Å². The number of piperidine rings is 1. The second kappa shape index (κ2) is 7.56. The third kappa shape index (κ3) is 3.82. The van der Waals surface area contributed by atoms with Crippen LogP contribution < -0.4 is 5.32 Å². The summed E-state index contributed by atoms with van der Waals surface area (Å²) in [4.78, 5) is 13.4. The molecule has 29 heavy (non-hydrogen) atoms. The highest BCUT2D eigenvalue weighted by molar-refractivity contribution is 5.87. The van der Waals surface area contributed by atoms with Crippen molar-refractivity contribution in [2.24, 2.45) is 0 Å². The number of nitrogens with zero attached hydrogens (tertiary/aromatic N) is 1. The summed E-state index contributed by atoms with van der Waals surface area (Å²) in [6.07, 6.45) is 3.34. The van der Waals surface area contributed by atoms with Crippen LogP contribution in [-0.2, 0) is 11.3 Å². The van der Waals surface area contributed by atoms with Crippen LogP contribution in [0.15, 0.2) is 54.6 Å². The minimum Gasteiger partial charge on any atom is -0.478 e. The second-order valence-electron chi connectivity index (χ2n) is 8.73. The number of hydrogen-bond donors (Lipinski definition) is 2. The van der Waals surface area contributed by atoms with Crippen LogP contribution in [0.25, 0.3) is 0 Å². The van der Waals surface area contributed by atoms with E-state index >= 15 is 0 Å². The zero-order valence-corrected chi connectivity index (χ0v) is 16.6. The molecule has 1 unspecified atom stereocenters. The standard InChI is InChI=1S/C24H28N2O3/c27-23(28)19-8-6-17(7-9-19)15-26-12-10-24(11-13-26)22(16-29-24)25-21-14-20(21)18-4-2-1-3-5-18/h1-9,20-22,25H,10-16H2,(H,27,28)/t20-,21+,22?/m0/s1. The average Bonchev–Trinajstić information content (AvgIpc) is 3.52. The van der Waals surface area contributed by atoms with E-state index in [1.165, 1.54) is 17.5 Å². The molecule has 152 valence electrons.